The number of nitrogens with one attached hydrogen (secondary N) is 2. The summed E-state index contributed by atoms with van der Waals surface area (Å²) in [5.74, 6) is 0.113. The summed E-state index contributed by atoms with van der Waals surface area (Å²) in [5.41, 5.74) is 3.30. The van der Waals surface area contributed by atoms with Crippen molar-refractivity contribution < 1.29 is 4.79 Å². The molecule has 20 heavy (non-hydrogen) atoms. The van der Waals surface area contributed by atoms with Crippen LogP contribution in [0.1, 0.15) is 30.9 Å². The predicted octanol–water partition coefficient (Wildman–Crippen LogP) is 3.12. The smallest absolute Gasteiger partial charge is 0.237 e. The predicted molar refractivity (Wildman–Crippen MR) is 87.5 cm³/mol. The Morgan fingerprint density at radius 1 is 1.35 bits per heavy atom. The van der Waals surface area contributed by atoms with Crippen molar-refractivity contribution in [1.29, 1.82) is 0 Å². The van der Waals surface area contributed by atoms with E-state index in [2.05, 4.69) is 30.5 Å². The molecule has 1 aliphatic heterocycles. The van der Waals surface area contributed by atoms with Crippen molar-refractivity contribution in [1.82, 2.24) is 5.32 Å². The number of amides is 1. The van der Waals surface area contributed by atoms with Gasteiger partial charge in [0.25, 0.3) is 0 Å². The van der Waals surface area contributed by atoms with Gasteiger partial charge in [-0.2, -0.15) is 0 Å². The van der Waals surface area contributed by atoms with Crippen LogP contribution in [0, 0.1) is 13.8 Å². The summed E-state index contributed by atoms with van der Waals surface area (Å²) in [7, 11) is 0. The molecule has 2 N–H and O–H groups in total. The third-order valence-electron chi connectivity index (χ3n) is 3.91. The standard InChI is InChI=1S/C16H24N2OS/c1-11-5-4-6-15(12(11)2)18-16(19)13(3)20-14-7-9-17-10-8-14/h4-6,13-14,17H,7-10H2,1-3H3,(H,18,19). The van der Waals surface area contributed by atoms with E-state index in [1.165, 1.54) is 5.56 Å². The Balaban J connectivity index is 1.91. The zero-order chi connectivity index (χ0) is 14.5. The van der Waals surface area contributed by atoms with Gasteiger partial charge in [-0.1, -0.05) is 12.1 Å². The van der Waals surface area contributed by atoms with Gasteiger partial charge < -0.3 is 10.6 Å². The van der Waals surface area contributed by atoms with Gasteiger partial charge in [-0.25, -0.2) is 0 Å². The molecule has 0 bridgehead atoms. The van der Waals surface area contributed by atoms with Gasteiger partial charge in [0.1, 0.15) is 0 Å². The Labute approximate surface area is 125 Å². The van der Waals surface area contributed by atoms with Gasteiger partial charge in [0, 0.05) is 10.9 Å². The van der Waals surface area contributed by atoms with Crippen molar-refractivity contribution in [3.63, 3.8) is 0 Å². The first-order chi connectivity index (χ1) is 9.58. The van der Waals surface area contributed by atoms with Crippen molar-refractivity contribution in [2.45, 2.75) is 44.1 Å². The highest BCUT2D eigenvalue weighted by Crippen LogP contribution is 2.26. The summed E-state index contributed by atoms with van der Waals surface area (Å²) in [6, 6.07) is 6.03. The number of hydrogen-bond donors (Lipinski definition) is 2. The molecule has 1 amide bonds. The maximum Gasteiger partial charge on any atom is 0.237 e. The minimum Gasteiger partial charge on any atom is -0.325 e. The number of hydrogen-bond acceptors (Lipinski definition) is 3. The number of anilines is 1. The first-order valence-corrected chi connectivity index (χ1v) is 8.25. The number of carbonyl (C=O) groups is 1. The molecule has 1 saturated heterocycles. The second kappa shape index (κ2) is 7.14. The van der Waals surface area contributed by atoms with Crippen molar-refractivity contribution in [3.05, 3.63) is 29.3 Å². The van der Waals surface area contributed by atoms with Crippen LogP contribution in [0.3, 0.4) is 0 Å². The first kappa shape index (κ1) is 15.4. The first-order valence-electron chi connectivity index (χ1n) is 7.31. The molecule has 1 fully saturated rings. The number of rotatable bonds is 4. The molecule has 0 saturated carbocycles. The van der Waals surface area contributed by atoms with Crippen LogP contribution in [0.5, 0.6) is 0 Å². The summed E-state index contributed by atoms with van der Waals surface area (Å²) >= 11 is 1.81. The minimum absolute atomic E-state index is 0.00184. The van der Waals surface area contributed by atoms with Gasteiger partial charge >= 0.3 is 0 Å². The van der Waals surface area contributed by atoms with Crippen molar-refractivity contribution >= 4 is 23.4 Å². The number of carbonyl (C=O) groups excluding carboxylic acids is 1. The third kappa shape index (κ3) is 4.00. The van der Waals surface area contributed by atoms with Crippen LogP contribution in [0.25, 0.3) is 0 Å². The fraction of sp³-hybridized carbons (Fsp3) is 0.562. The molecule has 1 atom stereocenters. The monoisotopic (exact) mass is 292 g/mol. The van der Waals surface area contributed by atoms with Gasteiger partial charge in [0.2, 0.25) is 5.91 Å². The van der Waals surface area contributed by atoms with E-state index in [0.717, 1.165) is 37.2 Å². The molecule has 0 radical (unpaired) electrons. The van der Waals surface area contributed by atoms with E-state index >= 15 is 0 Å². The van der Waals surface area contributed by atoms with Crippen LogP contribution in [0.2, 0.25) is 0 Å². The molecule has 1 aromatic carbocycles. The van der Waals surface area contributed by atoms with Crippen LogP contribution >= 0.6 is 11.8 Å². The van der Waals surface area contributed by atoms with E-state index in [9.17, 15) is 4.79 Å². The van der Waals surface area contributed by atoms with Gasteiger partial charge in [-0.3, -0.25) is 4.79 Å². The van der Waals surface area contributed by atoms with Crippen LogP contribution in [0.15, 0.2) is 18.2 Å². The Bertz CT molecular complexity index is 470. The largest absolute Gasteiger partial charge is 0.325 e. The molecule has 1 heterocycles. The molecule has 2 rings (SSSR count). The normalized spacial score (nSPS) is 17.8. The molecule has 0 aliphatic carbocycles. The molecule has 0 spiro atoms. The average molecular weight is 292 g/mol. The molecule has 0 aromatic heterocycles. The Morgan fingerprint density at radius 3 is 2.75 bits per heavy atom. The third-order valence-corrected chi connectivity index (χ3v) is 5.39. The summed E-state index contributed by atoms with van der Waals surface area (Å²) in [4.78, 5) is 12.3. The molecular formula is C16H24N2OS. The molecule has 1 aromatic rings. The van der Waals surface area contributed by atoms with Crippen LogP contribution in [0.4, 0.5) is 5.69 Å². The SMILES string of the molecule is Cc1cccc(NC(=O)C(C)SC2CCNCC2)c1C. The fourth-order valence-electron chi connectivity index (χ4n) is 2.40. The number of piperidine rings is 1. The maximum absolute atomic E-state index is 12.3. The lowest BCUT2D eigenvalue weighted by atomic mass is 10.1. The highest BCUT2D eigenvalue weighted by atomic mass is 32.2. The van der Waals surface area contributed by atoms with Crippen molar-refractivity contribution in [3.8, 4) is 0 Å². The highest BCUT2D eigenvalue weighted by molar-refractivity contribution is 8.01. The lowest BCUT2D eigenvalue weighted by Crippen LogP contribution is -2.32. The summed E-state index contributed by atoms with van der Waals surface area (Å²) in [6.07, 6.45) is 2.32. The van der Waals surface area contributed by atoms with Gasteiger partial charge in [0.15, 0.2) is 0 Å². The number of aryl methyl sites for hydroxylation is 1. The molecule has 1 aliphatic rings. The van der Waals surface area contributed by atoms with E-state index < -0.39 is 0 Å². The van der Waals surface area contributed by atoms with E-state index in [0.29, 0.717) is 5.25 Å². The molecular weight excluding hydrogens is 268 g/mol. The second-order valence-corrected chi connectivity index (χ2v) is 7.11. The molecule has 110 valence electrons. The van der Waals surface area contributed by atoms with Crippen LogP contribution in [-0.2, 0) is 4.79 Å². The van der Waals surface area contributed by atoms with E-state index in [1.54, 1.807) is 11.8 Å². The minimum atomic E-state index is -0.00184. The number of benzene rings is 1. The molecule has 4 heteroatoms. The highest BCUT2D eigenvalue weighted by Gasteiger charge is 2.21. The van der Waals surface area contributed by atoms with Crippen molar-refractivity contribution in [2.75, 3.05) is 18.4 Å². The lowest BCUT2D eigenvalue weighted by Gasteiger charge is -2.24. The topological polar surface area (TPSA) is 41.1 Å². The quantitative estimate of drug-likeness (QED) is 0.896. The second-order valence-electron chi connectivity index (χ2n) is 5.46. The lowest BCUT2D eigenvalue weighted by molar-refractivity contribution is -0.115. The van der Waals surface area contributed by atoms with E-state index in [-0.39, 0.29) is 11.2 Å². The van der Waals surface area contributed by atoms with Gasteiger partial charge in [-0.15, -0.1) is 11.8 Å². The summed E-state index contributed by atoms with van der Waals surface area (Å²) in [5, 5.41) is 7.03. The Kier molecular flexibility index (Phi) is 5.49. The van der Waals surface area contributed by atoms with Crippen LogP contribution in [-0.4, -0.2) is 29.5 Å². The van der Waals surface area contributed by atoms with Gasteiger partial charge in [0.05, 0.1) is 5.25 Å². The number of thioether (sulfide) groups is 1. The Hall–Kier alpha value is -1.00. The zero-order valence-corrected chi connectivity index (χ0v) is 13.3. The van der Waals surface area contributed by atoms with Gasteiger partial charge in [-0.05, 0) is 63.9 Å². The zero-order valence-electron chi connectivity index (χ0n) is 12.5. The maximum atomic E-state index is 12.3. The molecule has 3 nitrogen and oxygen atoms in total. The molecule has 1 unspecified atom stereocenters. The van der Waals surface area contributed by atoms with Crippen LogP contribution < -0.4 is 10.6 Å². The average Bonchev–Trinajstić information content (AvgIpc) is 2.45. The van der Waals surface area contributed by atoms with E-state index in [4.69, 9.17) is 0 Å². The summed E-state index contributed by atoms with van der Waals surface area (Å²) in [6.45, 7) is 8.27. The summed E-state index contributed by atoms with van der Waals surface area (Å²) < 4.78 is 0. The Morgan fingerprint density at radius 2 is 2.05 bits per heavy atom. The van der Waals surface area contributed by atoms with Crippen molar-refractivity contribution in [2.24, 2.45) is 0 Å². The fourth-order valence-corrected chi connectivity index (χ4v) is 3.67. The van der Waals surface area contributed by atoms with E-state index in [1.807, 2.05) is 19.1 Å².